The third-order valence-corrected chi connectivity index (χ3v) is 5.80. The van der Waals surface area contributed by atoms with Crippen LogP contribution in [0.2, 0.25) is 0 Å². The maximum absolute atomic E-state index is 12.7. The van der Waals surface area contributed by atoms with Crippen LogP contribution < -0.4 is 15.0 Å². The van der Waals surface area contributed by atoms with Crippen LogP contribution in [0, 0.1) is 6.92 Å². The van der Waals surface area contributed by atoms with Crippen LogP contribution in [0.25, 0.3) is 0 Å². The van der Waals surface area contributed by atoms with Gasteiger partial charge in [0.1, 0.15) is 11.5 Å². The van der Waals surface area contributed by atoms with Crippen LogP contribution in [0.1, 0.15) is 27.7 Å². The van der Waals surface area contributed by atoms with Crippen molar-refractivity contribution in [3.8, 4) is 5.75 Å². The van der Waals surface area contributed by atoms with Gasteiger partial charge in [0.2, 0.25) is 0 Å². The van der Waals surface area contributed by atoms with E-state index in [1.54, 1.807) is 13.4 Å². The van der Waals surface area contributed by atoms with Gasteiger partial charge in [0.05, 0.1) is 19.4 Å². The van der Waals surface area contributed by atoms with Crippen molar-refractivity contribution in [2.45, 2.75) is 13.0 Å². The van der Waals surface area contributed by atoms with Crippen molar-refractivity contribution in [1.29, 1.82) is 0 Å². The number of hydrogen-bond donors (Lipinski definition) is 1. The number of carbonyl (C=O) groups excluding carboxylic acids is 1. The minimum absolute atomic E-state index is 0.00164. The molecule has 2 aromatic carbocycles. The van der Waals surface area contributed by atoms with Gasteiger partial charge in [-0.2, -0.15) is 0 Å². The van der Waals surface area contributed by atoms with E-state index in [0.29, 0.717) is 12.1 Å². The summed E-state index contributed by atoms with van der Waals surface area (Å²) in [6, 6.07) is 19.7. The zero-order valence-corrected chi connectivity index (χ0v) is 18.1. The van der Waals surface area contributed by atoms with Crippen LogP contribution in [0.5, 0.6) is 5.75 Å². The fraction of sp³-hybridized carbons (Fsp3) is 0.320. The Morgan fingerprint density at radius 1 is 1.06 bits per heavy atom. The quantitative estimate of drug-likeness (QED) is 0.630. The zero-order valence-electron chi connectivity index (χ0n) is 18.1. The van der Waals surface area contributed by atoms with Gasteiger partial charge < -0.3 is 19.4 Å². The van der Waals surface area contributed by atoms with Gasteiger partial charge in [-0.05, 0) is 55.5 Å². The highest BCUT2D eigenvalue weighted by molar-refractivity contribution is 5.94. The first-order chi connectivity index (χ1) is 15.1. The molecule has 3 aromatic rings. The van der Waals surface area contributed by atoms with Crippen molar-refractivity contribution in [3.63, 3.8) is 0 Å². The number of aryl methyl sites for hydroxylation is 1. The lowest BCUT2D eigenvalue weighted by Gasteiger charge is -2.39. The summed E-state index contributed by atoms with van der Waals surface area (Å²) in [4.78, 5) is 17.4. The molecule has 0 radical (unpaired) electrons. The number of furan rings is 1. The number of methoxy groups -OCH3 is 1. The molecule has 0 spiro atoms. The van der Waals surface area contributed by atoms with Crippen molar-refractivity contribution in [3.05, 3.63) is 83.8 Å². The van der Waals surface area contributed by atoms with E-state index in [-0.39, 0.29) is 11.9 Å². The molecule has 6 nitrogen and oxygen atoms in total. The van der Waals surface area contributed by atoms with Gasteiger partial charge in [0.15, 0.2) is 0 Å². The average molecular weight is 420 g/mol. The minimum Gasteiger partial charge on any atom is -0.497 e. The first-order valence-electron chi connectivity index (χ1n) is 10.7. The van der Waals surface area contributed by atoms with E-state index in [0.717, 1.165) is 43.3 Å². The van der Waals surface area contributed by atoms with E-state index in [4.69, 9.17) is 9.15 Å². The Balaban J connectivity index is 1.40. The first-order valence-corrected chi connectivity index (χ1v) is 10.7. The summed E-state index contributed by atoms with van der Waals surface area (Å²) in [6.45, 7) is 6.09. The standard InChI is InChI=1S/C25H29N3O3/c1-19-5-3-6-20(17-19)25(29)26-18-23(24-7-4-16-31-24)28-14-12-27(13-15-28)21-8-10-22(30-2)11-9-21/h3-11,16-17,23H,12-15,18H2,1-2H3,(H,26,29)/t23-/m0/s1. The summed E-state index contributed by atoms with van der Waals surface area (Å²) in [5.74, 6) is 1.68. The number of ether oxygens (including phenoxy) is 1. The van der Waals surface area contributed by atoms with Crippen LogP contribution in [-0.4, -0.2) is 50.6 Å². The number of rotatable bonds is 7. The van der Waals surface area contributed by atoms with Gasteiger partial charge in [-0.15, -0.1) is 0 Å². The summed E-state index contributed by atoms with van der Waals surface area (Å²) in [5.41, 5.74) is 2.95. The number of benzene rings is 2. The second kappa shape index (κ2) is 9.71. The molecular weight excluding hydrogens is 390 g/mol. The topological polar surface area (TPSA) is 58.0 Å². The largest absolute Gasteiger partial charge is 0.497 e. The van der Waals surface area contributed by atoms with Gasteiger partial charge >= 0.3 is 0 Å². The summed E-state index contributed by atoms with van der Waals surface area (Å²) in [5, 5.41) is 3.10. The highest BCUT2D eigenvalue weighted by atomic mass is 16.5. The number of carbonyl (C=O) groups is 1. The van der Waals surface area contributed by atoms with Crippen molar-refractivity contribution < 1.29 is 13.9 Å². The first kappa shape index (κ1) is 21.0. The van der Waals surface area contributed by atoms with E-state index in [2.05, 4.69) is 27.2 Å². The number of nitrogens with one attached hydrogen (secondary N) is 1. The Labute approximate surface area is 183 Å². The third-order valence-electron chi connectivity index (χ3n) is 5.80. The normalized spacial score (nSPS) is 15.5. The van der Waals surface area contributed by atoms with Gasteiger partial charge in [0, 0.05) is 44.0 Å². The Hall–Kier alpha value is -3.25. The predicted octanol–water partition coefficient (Wildman–Crippen LogP) is 3.89. The molecule has 162 valence electrons. The van der Waals surface area contributed by atoms with E-state index >= 15 is 0 Å². The molecule has 1 fully saturated rings. The lowest BCUT2D eigenvalue weighted by Crippen LogP contribution is -2.49. The number of hydrogen-bond acceptors (Lipinski definition) is 5. The number of amides is 1. The average Bonchev–Trinajstić information content (AvgIpc) is 3.34. The fourth-order valence-electron chi connectivity index (χ4n) is 4.05. The molecular formula is C25H29N3O3. The second-order valence-corrected chi connectivity index (χ2v) is 7.83. The second-order valence-electron chi connectivity index (χ2n) is 7.83. The fourth-order valence-corrected chi connectivity index (χ4v) is 4.05. The SMILES string of the molecule is COc1ccc(N2CCN([C@@H](CNC(=O)c3cccc(C)c3)c3ccco3)CC2)cc1. The third kappa shape index (κ3) is 5.09. The van der Waals surface area contributed by atoms with Crippen molar-refractivity contribution in [1.82, 2.24) is 10.2 Å². The summed E-state index contributed by atoms with van der Waals surface area (Å²) >= 11 is 0. The van der Waals surface area contributed by atoms with E-state index in [1.807, 2.05) is 55.5 Å². The molecule has 1 aromatic heterocycles. The summed E-state index contributed by atoms with van der Waals surface area (Å²) < 4.78 is 11.0. The molecule has 1 saturated heterocycles. The number of piperazine rings is 1. The molecule has 1 aliphatic heterocycles. The Morgan fingerprint density at radius 2 is 1.84 bits per heavy atom. The van der Waals surface area contributed by atoms with Crippen LogP contribution in [-0.2, 0) is 0 Å². The molecule has 0 saturated carbocycles. The molecule has 0 unspecified atom stereocenters. The lowest BCUT2D eigenvalue weighted by atomic mass is 10.1. The lowest BCUT2D eigenvalue weighted by molar-refractivity contribution is 0.0922. The molecule has 0 bridgehead atoms. The van der Waals surface area contributed by atoms with E-state index < -0.39 is 0 Å². The highest BCUT2D eigenvalue weighted by Gasteiger charge is 2.27. The van der Waals surface area contributed by atoms with Gasteiger partial charge in [-0.1, -0.05) is 17.7 Å². The van der Waals surface area contributed by atoms with Crippen LogP contribution in [0.3, 0.4) is 0 Å². The predicted molar refractivity (Wildman–Crippen MR) is 122 cm³/mol. The Morgan fingerprint density at radius 3 is 2.48 bits per heavy atom. The van der Waals surface area contributed by atoms with E-state index in [1.165, 1.54) is 5.69 Å². The van der Waals surface area contributed by atoms with E-state index in [9.17, 15) is 4.79 Å². The molecule has 2 heterocycles. The van der Waals surface area contributed by atoms with Crippen LogP contribution in [0.15, 0.2) is 71.3 Å². The van der Waals surface area contributed by atoms with Gasteiger partial charge in [-0.25, -0.2) is 0 Å². The molecule has 1 N–H and O–H groups in total. The highest BCUT2D eigenvalue weighted by Crippen LogP contribution is 2.25. The summed E-state index contributed by atoms with van der Waals surface area (Å²) in [7, 11) is 1.68. The maximum atomic E-state index is 12.7. The molecule has 6 heteroatoms. The Bertz CT molecular complexity index is 978. The van der Waals surface area contributed by atoms with Crippen molar-refractivity contribution >= 4 is 11.6 Å². The van der Waals surface area contributed by atoms with Crippen molar-refractivity contribution in [2.24, 2.45) is 0 Å². The van der Waals surface area contributed by atoms with Crippen LogP contribution >= 0.6 is 0 Å². The Kier molecular flexibility index (Phi) is 6.57. The molecule has 4 rings (SSSR count). The van der Waals surface area contributed by atoms with Gasteiger partial charge in [0.25, 0.3) is 5.91 Å². The minimum atomic E-state index is -0.0582. The molecule has 0 aliphatic carbocycles. The number of anilines is 1. The maximum Gasteiger partial charge on any atom is 0.251 e. The molecule has 1 aliphatic rings. The zero-order chi connectivity index (χ0) is 21.6. The number of nitrogens with zero attached hydrogens (tertiary/aromatic N) is 2. The molecule has 1 atom stereocenters. The summed E-state index contributed by atoms with van der Waals surface area (Å²) in [6.07, 6.45) is 1.69. The molecule has 1 amide bonds. The van der Waals surface area contributed by atoms with Crippen molar-refractivity contribution in [2.75, 3.05) is 44.7 Å². The van der Waals surface area contributed by atoms with Gasteiger partial charge in [-0.3, -0.25) is 9.69 Å². The van der Waals surface area contributed by atoms with Crippen LogP contribution in [0.4, 0.5) is 5.69 Å². The smallest absolute Gasteiger partial charge is 0.251 e. The molecule has 31 heavy (non-hydrogen) atoms. The monoisotopic (exact) mass is 419 g/mol.